The van der Waals surface area contributed by atoms with Crippen molar-refractivity contribution in [2.45, 2.75) is 44.8 Å². The summed E-state index contributed by atoms with van der Waals surface area (Å²) in [6.45, 7) is 4.01. The van der Waals surface area contributed by atoms with Gasteiger partial charge in [-0.15, -0.1) is 16.4 Å². The first kappa shape index (κ1) is 21.4. The number of hydrogen-bond acceptors (Lipinski definition) is 9. The third kappa shape index (κ3) is 5.00. The van der Waals surface area contributed by atoms with Crippen LogP contribution in [0.2, 0.25) is 0 Å². The van der Waals surface area contributed by atoms with E-state index in [1.54, 1.807) is 22.3 Å². The van der Waals surface area contributed by atoms with Crippen LogP contribution in [0.1, 0.15) is 54.6 Å². The van der Waals surface area contributed by atoms with Crippen molar-refractivity contribution in [2.75, 3.05) is 18.0 Å². The number of piperidine rings is 1. The molecule has 0 spiro atoms. The predicted octanol–water partition coefficient (Wildman–Crippen LogP) is 3.88. The normalized spacial score (nSPS) is 15.5. The Balaban J connectivity index is 1.26. The van der Waals surface area contributed by atoms with Crippen LogP contribution in [0.3, 0.4) is 0 Å². The largest absolute Gasteiger partial charge is 0.463 e. The lowest BCUT2D eigenvalue weighted by atomic mass is 9.98. The van der Waals surface area contributed by atoms with Crippen molar-refractivity contribution in [3.63, 3.8) is 0 Å². The molecular formula is C23H26N8OS. The molecule has 4 aromatic rings. The van der Waals surface area contributed by atoms with Crippen molar-refractivity contribution >= 4 is 17.3 Å². The van der Waals surface area contributed by atoms with Gasteiger partial charge in [0.25, 0.3) is 0 Å². The zero-order chi connectivity index (χ0) is 22.5. The third-order valence-corrected chi connectivity index (χ3v) is 6.77. The SMILES string of the molecule is CCCc1cnc(N2CCC(c3nc(C(Oc4ccccc4)n4cnnn4)cs3)CC2)nc1. The van der Waals surface area contributed by atoms with Crippen molar-refractivity contribution in [3.8, 4) is 5.75 Å². The Kier molecular flexibility index (Phi) is 6.52. The fourth-order valence-corrected chi connectivity index (χ4v) is 5.01. The van der Waals surface area contributed by atoms with Crippen LogP contribution in [0.4, 0.5) is 5.95 Å². The highest BCUT2D eigenvalue weighted by molar-refractivity contribution is 7.09. The quantitative estimate of drug-likeness (QED) is 0.389. The van der Waals surface area contributed by atoms with Crippen molar-refractivity contribution < 1.29 is 4.74 Å². The number of tetrazole rings is 1. The average molecular weight is 463 g/mol. The lowest BCUT2D eigenvalue weighted by Gasteiger charge is -2.31. The van der Waals surface area contributed by atoms with Crippen LogP contribution < -0.4 is 9.64 Å². The molecule has 0 N–H and O–H groups in total. The molecule has 4 heterocycles. The molecule has 1 aliphatic rings. The lowest BCUT2D eigenvalue weighted by Crippen LogP contribution is -2.34. The fraction of sp³-hybridized carbons (Fsp3) is 0.391. The van der Waals surface area contributed by atoms with E-state index in [4.69, 9.17) is 9.72 Å². The fourth-order valence-electron chi connectivity index (χ4n) is 4.01. The number of ether oxygens (including phenoxy) is 1. The summed E-state index contributed by atoms with van der Waals surface area (Å²) in [6.07, 6.45) is 9.11. The van der Waals surface area contributed by atoms with Crippen LogP contribution in [0.5, 0.6) is 5.75 Å². The minimum atomic E-state index is -0.512. The molecule has 9 nitrogen and oxygen atoms in total. The highest BCUT2D eigenvalue weighted by Gasteiger charge is 2.27. The molecule has 1 atom stereocenters. The van der Waals surface area contributed by atoms with Gasteiger partial charge in [0.05, 0.1) is 5.01 Å². The maximum absolute atomic E-state index is 6.19. The molecule has 170 valence electrons. The summed E-state index contributed by atoms with van der Waals surface area (Å²) in [7, 11) is 0. The minimum absolute atomic E-state index is 0.408. The van der Waals surface area contributed by atoms with Gasteiger partial charge in [0.15, 0.2) is 0 Å². The number of anilines is 1. The van der Waals surface area contributed by atoms with Gasteiger partial charge in [-0.1, -0.05) is 31.5 Å². The first-order valence-corrected chi connectivity index (χ1v) is 12.1. The van der Waals surface area contributed by atoms with Crippen LogP contribution in [0.15, 0.2) is 54.4 Å². The van der Waals surface area contributed by atoms with Gasteiger partial charge in [-0.05, 0) is 47.4 Å². The second-order valence-electron chi connectivity index (χ2n) is 8.09. The van der Waals surface area contributed by atoms with E-state index in [2.05, 4.69) is 37.3 Å². The Morgan fingerprint density at radius 3 is 2.61 bits per heavy atom. The Hall–Kier alpha value is -3.40. The molecule has 33 heavy (non-hydrogen) atoms. The molecule has 5 rings (SSSR count). The summed E-state index contributed by atoms with van der Waals surface area (Å²) in [5.41, 5.74) is 2.00. The number of benzene rings is 1. The number of para-hydroxylation sites is 1. The maximum atomic E-state index is 6.19. The zero-order valence-electron chi connectivity index (χ0n) is 18.5. The first-order chi connectivity index (χ1) is 16.3. The lowest BCUT2D eigenvalue weighted by molar-refractivity contribution is 0.152. The highest BCUT2D eigenvalue weighted by atomic mass is 32.1. The van der Waals surface area contributed by atoms with Crippen molar-refractivity contribution in [1.82, 2.24) is 35.2 Å². The number of rotatable bonds is 8. The monoisotopic (exact) mass is 462 g/mol. The van der Waals surface area contributed by atoms with Crippen LogP contribution in [-0.4, -0.2) is 48.2 Å². The first-order valence-electron chi connectivity index (χ1n) is 11.3. The Labute approximate surface area is 196 Å². The third-order valence-electron chi connectivity index (χ3n) is 5.75. The number of aromatic nitrogens is 7. The zero-order valence-corrected chi connectivity index (χ0v) is 19.3. The molecule has 1 saturated heterocycles. The van der Waals surface area contributed by atoms with Gasteiger partial charge in [0.2, 0.25) is 12.2 Å². The molecule has 0 radical (unpaired) electrons. The van der Waals surface area contributed by atoms with Crippen LogP contribution >= 0.6 is 11.3 Å². The Morgan fingerprint density at radius 1 is 1.12 bits per heavy atom. The minimum Gasteiger partial charge on any atom is -0.463 e. The average Bonchev–Trinajstić information content (AvgIpc) is 3.57. The second kappa shape index (κ2) is 10.0. The Morgan fingerprint density at radius 2 is 1.91 bits per heavy atom. The summed E-state index contributed by atoms with van der Waals surface area (Å²) < 4.78 is 7.78. The van der Waals surface area contributed by atoms with Crippen LogP contribution in [-0.2, 0) is 6.42 Å². The molecule has 0 aliphatic carbocycles. The van der Waals surface area contributed by atoms with Gasteiger partial charge in [-0.25, -0.2) is 15.0 Å². The molecular weight excluding hydrogens is 436 g/mol. The molecule has 1 aromatic carbocycles. The number of nitrogens with zero attached hydrogens (tertiary/aromatic N) is 8. The Bertz CT molecular complexity index is 1130. The summed E-state index contributed by atoms with van der Waals surface area (Å²) in [4.78, 5) is 16.4. The smallest absolute Gasteiger partial charge is 0.238 e. The van der Waals surface area contributed by atoms with E-state index in [1.165, 1.54) is 5.56 Å². The van der Waals surface area contributed by atoms with E-state index in [0.717, 1.165) is 61.2 Å². The highest BCUT2D eigenvalue weighted by Crippen LogP contribution is 2.33. The molecule has 1 unspecified atom stereocenters. The molecule has 0 bridgehead atoms. The second-order valence-corrected chi connectivity index (χ2v) is 8.98. The van der Waals surface area contributed by atoms with E-state index in [0.29, 0.717) is 5.92 Å². The standard InChI is InChI=1S/C23H26N8OS/c1-2-6-17-13-24-23(25-14-17)30-11-9-18(10-12-30)21-27-20(15-33-21)22(31-16-26-28-29-31)32-19-7-4-3-5-8-19/h3-5,7-8,13-16,18,22H,2,6,9-12H2,1H3. The van der Waals surface area contributed by atoms with Crippen molar-refractivity contribution in [2.24, 2.45) is 0 Å². The number of hydrogen-bond donors (Lipinski definition) is 0. The van der Waals surface area contributed by atoms with E-state index in [9.17, 15) is 0 Å². The van der Waals surface area contributed by atoms with Gasteiger partial charge in [0.1, 0.15) is 17.8 Å². The van der Waals surface area contributed by atoms with Crippen LogP contribution in [0, 0.1) is 0 Å². The number of thiazole rings is 1. The van der Waals surface area contributed by atoms with Gasteiger partial charge in [0, 0.05) is 36.8 Å². The number of aryl methyl sites for hydroxylation is 1. The van der Waals surface area contributed by atoms with Gasteiger partial charge < -0.3 is 9.64 Å². The van der Waals surface area contributed by atoms with E-state index >= 15 is 0 Å². The van der Waals surface area contributed by atoms with Gasteiger partial charge >= 0.3 is 0 Å². The maximum Gasteiger partial charge on any atom is 0.238 e. The predicted molar refractivity (Wildman–Crippen MR) is 125 cm³/mol. The molecule has 0 amide bonds. The van der Waals surface area contributed by atoms with Crippen LogP contribution in [0.25, 0.3) is 0 Å². The summed E-state index contributed by atoms with van der Waals surface area (Å²) in [5, 5.41) is 14.8. The molecule has 0 saturated carbocycles. The topological polar surface area (TPSA) is 94.7 Å². The van der Waals surface area contributed by atoms with Gasteiger partial charge in [-0.2, -0.15) is 4.68 Å². The summed E-state index contributed by atoms with van der Waals surface area (Å²) >= 11 is 1.67. The molecule has 1 fully saturated rings. The van der Waals surface area contributed by atoms with Crippen molar-refractivity contribution in [3.05, 3.63) is 70.7 Å². The summed E-state index contributed by atoms with van der Waals surface area (Å²) in [5.74, 6) is 1.97. The van der Waals surface area contributed by atoms with E-state index in [1.807, 2.05) is 48.1 Å². The van der Waals surface area contributed by atoms with E-state index < -0.39 is 6.23 Å². The van der Waals surface area contributed by atoms with E-state index in [-0.39, 0.29) is 0 Å². The van der Waals surface area contributed by atoms with Crippen molar-refractivity contribution in [1.29, 1.82) is 0 Å². The molecule has 3 aromatic heterocycles. The molecule has 10 heteroatoms. The summed E-state index contributed by atoms with van der Waals surface area (Å²) in [6, 6.07) is 9.66. The molecule has 1 aliphatic heterocycles. The van der Waals surface area contributed by atoms with Gasteiger partial charge in [-0.3, -0.25) is 0 Å².